The van der Waals surface area contributed by atoms with Crippen molar-refractivity contribution in [1.82, 2.24) is 9.80 Å². The van der Waals surface area contributed by atoms with E-state index in [0.717, 1.165) is 57.1 Å². The van der Waals surface area contributed by atoms with Gasteiger partial charge in [-0.1, -0.05) is 36.4 Å². The van der Waals surface area contributed by atoms with Gasteiger partial charge in [0.1, 0.15) is 5.75 Å². The van der Waals surface area contributed by atoms with Gasteiger partial charge in [0.15, 0.2) is 0 Å². The summed E-state index contributed by atoms with van der Waals surface area (Å²) in [6.45, 7) is 4.68. The highest BCUT2D eigenvalue weighted by Crippen LogP contribution is 2.28. The number of urea groups is 1. The van der Waals surface area contributed by atoms with Crippen LogP contribution in [0.15, 0.2) is 48.5 Å². The Bertz CT molecular complexity index is 784. The second-order valence-corrected chi connectivity index (χ2v) is 6.87. The van der Waals surface area contributed by atoms with E-state index in [4.69, 9.17) is 4.74 Å². The highest BCUT2D eigenvalue weighted by Gasteiger charge is 2.28. The van der Waals surface area contributed by atoms with E-state index in [0.29, 0.717) is 0 Å². The van der Waals surface area contributed by atoms with Crippen molar-refractivity contribution < 1.29 is 9.53 Å². The lowest BCUT2D eigenvalue weighted by molar-refractivity contribution is 0.145. The number of hydrogen-bond donors (Lipinski definition) is 0. The van der Waals surface area contributed by atoms with E-state index >= 15 is 0 Å². The zero-order valence-corrected chi connectivity index (χ0v) is 15.2. The third kappa shape index (κ3) is 3.21. The molecule has 5 heteroatoms. The molecule has 0 saturated carbocycles. The smallest absolute Gasteiger partial charge is 0.320 e. The standard InChI is InChI=1S/C21H25N3O2/c1-26-20-9-5-4-8-19(20)22-12-14-23(15-13-22)21(25)24-11-10-17-6-2-3-7-18(17)16-24/h2-9H,10-16H2,1H3. The Labute approximate surface area is 154 Å². The monoisotopic (exact) mass is 351 g/mol. The molecule has 2 aliphatic rings. The van der Waals surface area contributed by atoms with Crippen LogP contribution in [0.4, 0.5) is 10.5 Å². The average Bonchev–Trinajstić information content (AvgIpc) is 2.73. The van der Waals surface area contributed by atoms with Gasteiger partial charge < -0.3 is 19.4 Å². The Kier molecular flexibility index (Phi) is 4.69. The Morgan fingerprint density at radius 2 is 1.54 bits per heavy atom. The van der Waals surface area contributed by atoms with E-state index in [1.165, 1.54) is 11.1 Å². The van der Waals surface area contributed by atoms with Crippen LogP contribution in [0.3, 0.4) is 0 Å². The topological polar surface area (TPSA) is 36.0 Å². The van der Waals surface area contributed by atoms with Gasteiger partial charge in [-0.05, 0) is 29.7 Å². The predicted molar refractivity (Wildman–Crippen MR) is 103 cm³/mol. The normalized spacial score (nSPS) is 17.0. The number of methoxy groups -OCH3 is 1. The Morgan fingerprint density at radius 1 is 0.846 bits per heavy atom. The Balaban J connectivity index is 1.38. The number of carbonyl (C=O) groups excluding carboxylic acids is 1. The fourth-order valence-corrected chi connectivity index (χ4v) is 3.89. The van der Waals surface area contributed by atoms with E-state index in [1.807, 2.05) is 28.0 Å². The number of hydrogen-bond acceptors (Lipinski definition) is 3. The summed E-state index contributed by atoms with van der Waals surface area (Å²) >= 11 is 0. The number of rotatable bonds is 2. The number of nitrogens with zero attached hydrogens (tertiary/aromatic N) is 3. The molecule has 136 valence electrons. The van der Waals surface area contributed by atoms with Crippen molar-refractivity contribution in [2.75, 3.05) is 44.7 Å². The summed E-state index contributed by atoms with van der Waals surface area (Å²) in [6, 6.07) is 16.7. The summed E-state index contributed by atoms with van der Waals surface area (Å²) in [7, 11) is 1.70. The molecule has 1 fully saturated rings. The van der Waals surface area contributed by atoms with Crippen LogP contribution < -0.4 is 9.64 Å². The zero-order chi connectivity index (χ0) is 17.9. The number of fused-ring (bicyclic) bond motifs is 1. The molecule has 0 radical (unpaired) electrons. The summed E-state index contributed by atoms with van der Waals surface area (Å²) in [5, 5.41) is 0. The lowest BCUT2D eigenvalue weighted by atomic mass is 10.0. The van der Waals surface area contributed by atoms with E-state index < -0.39 is 0 Å². The van der Waals surface area contributed by atoms with Crippen molar-refractivity contribution in [3.63, 3.8) is 0 Å². The molecular formula is C21H25N3O2. The number of para-hydroxylation sites is 2. The summed E-state index contributed by atoms with van der Waals surface area (Å²) < 4.78 is 5.47. The Morgan fingerprint density at radius 3 is 2.31 bits per heavy atom. The number of piperazine rings is 1. The molecule has 0 atom stereocenters. The number of benzene rings is 2. The van der Waals surface area contributed by atoms with Gasteiger partial charge in [0.2, 0.25) is 0 Å². The zero-order valence-electron chi connectivity index (χ0n) is 15.2. The van der Waals surface area contributed by atoms with Crippen LogP contribution in [-0.4, -0.2) is 55.7 Å². The Hall–Kier alpha value is -2.69. The van der Waals surface area contributed by atoms with Gasteiger partial charge in [-0.15, -0.1) is 0 Å². The highest BCUT2D eigenvalue weighted by atomic mass is 16.5. The van der Waals surface area contributed by atoms with E-state index in [9.17, 15) is 4.79 Å². The van der Waals surface area contributed by atoms with Crippen LogP contribution >= 0.6 is 0 Å². The minimum absolute atomic E-state index is 0.166. The molecular weight excluding hydrogens is 326 g/mol. The number of anilines is 1. The minimum atomic E-state index is 0.166. The predicted octanol–water partition coefficient (Wildman–Crippen LogP) is 3.00. The number of carbonyl (C=O) groups is 1. The van der Waals surface area contributed by atoms with Crippen molar-refractivity contribution in [2.24, 2.45) is 0 Å². The van der Waals surface area contributed by atoms with Gasteiger partial charge in [-0.3, -0.25) is 0 Å². The molecule has 0 aliphatic carbocycles. The maximum absolute atomic E-state index is 12.9. The fourth-order valence-electron chi connectivity index (χ4n) is 3.89. The summed E-state index contributed by atoms with van der Waals surface area (Å²) in [4.78, 5) is 19.2. The first-order valence-electron chi connectivity index (χ1n) is 9.25. The maximum Gasteiger partial charge on any atom is 0.320 e. The molecule has 5 nitrogen and oxygen atoms in total. The molecule has 2 heterocycles. The van der Waals surface area contributed by atoms with E-state index in [-0.39, 0.29) is 6.03 Å². The van der Waals surface area contributed by atoms with Gasteiger partial charge in [-0.2, -0.15) is 0 Å². The molecule has 1 saturated heterocycles. The quantitative estimate of drug-likeness (QED) is 0.834. The summed E-state index contributed by atoms with van der Waals surface area (Å²) in [5.74, 6) is 0.889. The second kappa shape index (κ2) is 7.28. The molecule has 2 aliphatic heterocycles. The molecule has 2 aromatic carbocycles. The summed E-state index contributed by atoms with van der Waals surface area (Å²) in [5.41, 5.74) is 3.76. The SMILES string of the molecule is COc1ccccc1N1CCN(C(=O)N2CCc3ccccc3C2)CC1. The van der Waals surface area contributed by atoms with Crippen LogP contribution in [-0.2, 0) is 13.0 Å². The van der Waals surface area contributed by atoms with Gasteiger partial charge in [0.25, 0.3) is 0 Å². The molecule has 0 aromatic heterocycles. The van der Waals surface area contributed by atoms with Crippen molar-refractivity contribution in [1.29, 1.82) is 0 Å². The van der Waals surface area contributed by atoms with Crippen LogP contribution in [0.25, 0.3) is 0 Å². The highest BCUT2D eigenvalue weighted by molar-refractivity contribution is 5.75. The van der Waals surface area contributed by atoms with Crippen LogP contribution in [0, 0.1) is 0 Å². The number of ether oxygens (including phenoxy) is 1. The van der Waals surface area contributed by atoms with Crippen LogP contribution in [0.5, 0.6) is 5.75 Å². The first kappa shape index (κ1) is 16.8. The molecule has 0 bridgehead atoms. The van der Waals surface area contributed by atoms with Crippen molar-refractivity contribution in [3.05, 3.63) is 59.7 Å². The van der Waals surface area contributed by atoms with Gasteiger partial charge >= 0.3 is 6.03 Å². The van der Waals surface area contributed by atoms with E-state index in [2.05, 4.69) is 35.2 Å². The fraction of sp³-hybridized carbons (Fsp3) is 0.381. The first-order valence-corrected chi connectivity index (χ1v) is 9.25. The van der Waals surface area contributed by atoms with Gasteiger partial charge in [0.05, 0.1) is 12.8 Å². The van der Waals surface area contributed by atoms with Crippen molar-refractivity contribution in [3.8, 4) is 5.75 Å². The first-order chi connectivity index (χ1) is 12.8. The van der Waals surface area contributed by atoms with Gasteiger partial charge in [0, 0.05) is 39.3 Å². The lowest BCUT2D eigenvalue weighted by Crippen LogP contribution is -2.53. The molecule has 2 amide bonds. The third-order valence-electron chi connectivity index (χ3n) is 5.38. The molecule has 2 aromatic rings. The molecule has 0 spiro atoms. The maximum atomic E-state index is 12.9. The number of amides is 2. The lowest BCUT2D eigenvalue weighted by Gasteiger charge is -2.40. The molecule has 0 N–H and O–H groups in total. The molecule has 0 unspecified atom stereocenters. The average molecular weight is 351 g/mol. The summed E-state index contributed by atoms with van der Waals surface area (Å²) in [6.07, 6.45) is 0.948. The molecule has 26 heavy (non-hydrogen) atoms. The third-order valence-corrected chi connectivity index (χ3v) is 5.38. The van der Waals surface area contributed by atoms with E-state index in [1.54, 1.807) is 7.11 Å². The minimum Gasteiger partial charge on any atom is -0.495 e. The molecule has 4 rings (SSSR count). The second-order valence-electron chi connectivity index (χ2n) is 6.87. The van der Waals surface area contributed by atoms with Crippen LogP contribution in [0.1, 0.15) is 11.1 Å². The van der Waals surface area contributed by atoms with Crippen molar-refractivity contribution >= 4 is 11.7 Å². The van der Waals surface area contributed by atoms with Crippen LogP contribution in [0.2, 0.25) is 0 Å². The van der Waals surface area contributed by atoms with Crippen molar-refractivity contribution in [2.45, 2.75) is 13.0 Å². The largest absolute Gasteiger partial charge is 0.495 e. The van der Waals surface area contributed by atoms with Gasteiger partial charge in [-0.25, -0.2) is 4.79 Å².